The van der Waals surface area contributed by atoms with Crippen LogP contribution in [-0.4, -0.2) is 45.2 Å². The van der Waals surface area contributed by atoms with Gasteiger partial charge in [-0.3, -0.25) is 9.78 Å². The minimum atomic E-state index is -0.537. The van der Waals surface area contributed by atoms with Crippen molar-refractivity contribution in [2.75, 3.05) is 13.1 Å². The molecule has 2 aromatic carbocycles. The molecule has 5 heteroatoms. The predicted molar refractivity (Wildman–Crippen MR) is 103 cm³/mol. The number of phenols is 1. The van der Waals surface area contributed by atoms with Crippen LogP contribution < -0.4 is 0 Å². The number of aliphatic hydroxyl groups is 1. The van der Waals surface area contributed by atoms with Crippen LogP contribution in [-0.2, 0) is 17.6 Å². The van der Waals surface area contributed by atoms with E-state index in [0.717, 1.165) is 22.0 Å². The summed E-state index contributed by atoms with van der Waals surface area (Å²) in [6.45, 7) is 0.890. The SMILES string of the molecule is O=C(Cc1cccc(O)c1)N1C[C@@H](Cc2ccnc3ccccc23)[C@H](O)C1. The number of amides is 1. The zero-order chi connectivity index (χ0) is 18.8. The first kappa shape index (κ1) is 17.5. The number of aromatic hydroxyl groups is 1. The number of fused-ring (bicyclic) bond motifs is 1. The number of rotatable bonds is 4. The smallest absolute Gasteiger partial charge is 0.227 e. The molecule has 1 aromatic heterocycles. The van der Waals surface area contributed by atoms with Gasteiger partial charge in [-0.2, -0.15) is 0 Å². The lowest BCUT2D eigenvalue weighted by Crippen LogP contribution is -2.31. The average Bonchev–Trinajstić information content (AvgIpc) is 3.03. The molecule has 0 bridgehead atoms. The quantitative estimate of drug-likeness (QED) is 0.748. The van der Waals surface area contributed by atoms with Gasteiger partial charge >= 0.3 is 0 Å². The number of aliphatic hydroxyl groups excluding tert-OH is 1. The van der Waals surface area contributed by atoms with Crippen LogP contribution in [0.2, 0.25) is 0 Å². The van der Waals surface area contributed by atoms with Gasteiger partial charge in [-0.1, -0.05) is 30.3 Å². The molecule has 1 fully saturated rings. The highest BCUT2D eigenvalue weighted by Crippen LogP contribution is 2.26. The number of phenolic OH excluding ortho intramolecular Hbond substituents is 1. The van der Waals surface area contributed by atoms with E-state index in [1.54, 1.807) is 29.3 Å². The van der Waals surface area contributed by atoms with Gasteiger partial charge in [0.05, 0.1) is 18.0 Å². The van der Waals surface area contributed by atoms with Crippen LogP contribution in [0.5, 0.6) is 5.75 Å². The van der Waals surface area contributed by atoms with E-state index in [9.17, 15) is 15.0 Å². The lowest BCUT2D eigenvalue weighted by molar-refractivity contribution is -0.129. The Kier molecular flexibility index (Phi) is 4.77. The van der Waals surface area contributed by atoms with Crippen LogP contribution in [0.3, 0.4) is 0 Å². The van der Waals surface area contributed by atoms with Crippen molar-refractivity contribution in [3.8, 4) is 5.75 Å². The second-order valence-corrected chi connectivity index (χ2v) is 7.16. The Labute approximate surface area is 157 Å². The van der Waals surface area contributed by atoms with Gasteiger partial charge in [0.1, 0.15) is 5.75 Å². The molecular formula is C22H22N2O3. The maximum atomic E-state index is 12.6. The first-order valence-electron chi connectivity index (χ1n) is 9.16. The highest BCUT2D eigenvalue weighted by atomic mass is 16.3. The fourth-order valence-electron chi connectivity index (χ4n) is 3.83. The minimum Gasteiger partial charge on any atom is -0.508 e. The second kappa shape index (κ2) is 7.37. The molecule has 138 valence electrons. The molecule has 0 saturated carbocycles. The molecule has 5 nitrogen and oxygen atoms in total. The Morgan fingerprint density at radius 2 is 1.96 bits per heavy atom. The van der Waals surface area contributed by atoms with Crippen molar-refractivity contribution in [1.29, 1.82) is 0 Å². The first-order chi connectivity index (χ1) is 13.1. The molecule has 0 unspecified atom stereocenters. The number of pyridine rings is 1. The van der Waals surface area contributed by atoms with Gasteiger partial charge in [0.15, 0.2) is 0 Å². The fourth-order valence-corrected chi connectivity index (χ4v) is 3.83. The van der Waals surface area contributed by atoms with E-state index in [-0.39, 0.29) is 24.0 Å². The van der Waals surface area contributed by atoms with Crippen LogP contribution >= 0.6 is 0 Å². The van der Waals surface area contributed by atoms with Crippen LogP contribution in [0, 0.1) is 5.92 Å². The van der Waals surface area contributed by atoms with Crippen molar-refractivity contribution >= 4 is 16.8 Å². The van der Waals surface area contributed by atoms with Crippen molar-refractivity contribution in [2.24, 2.45) is 5.92 Å². The van der Waals surface area contributed by atoms with E-state index in [1.807, 2.05) is 36.4 Å². The highest BCUT2D eigenvalue weighted by Gasteiger charge is 2.34. The highest BCUT2D eigenvalue weighted by molar-refractivity contribution is 5.82. The third-order valence-corrected chi connectivity index (χ3v) is 5.25. The van der Waals surface area contributed by atoms with Gasteiger partial charge in [-0.25, -0.2) is 0 Å². The Hall–Kier alpha value is -2.92. The Bertz CT molecular complexity index is 967. The molecule has 4 rings (SSSR count). The summed E-state index contributed by atoms with van der Waals surface area (Å²) in [4.78, 5) is 18.7. The number of β-amino-alcohol motifs (C(OH)–C–C–N with tert-alkyl or cyclic N) is 1. The summed E-state index contributed by atoms with van der Waals surface area (Å²) in [7, 11) is 0. The maximum Gasteiger partial charge on any atom is 0.227 e. The molecule has 0 aliphatic carbocycles. The maximum absolute atomic E-state index is 12.6. The number of aromatic nitrogens is 1. The van der Waals surface area contributed by atoms with Crippen LogP contribution in [0.25, 0.3) is 10.9 Å². The van der Waals surface area contributed by atoms with E-state index in [1.165, 1.54) is 0 Å². The molecule has 1 amide bonds. The molecule has 1 saturated heterocycles. The van der Waals surface area contributed by atoms with E-state index in [2.05, 4.69) is 4.98 Å². The number of carbonyl (C=O) groups is 1. The van der Waals surface area contributed by atoms with Gasteiger partial charge in [0, 0.05) is 30.6 Å². The predicted octanol–water partition coefficient (Wildman–Crippen LogP) is 2.54. The van der Waals surface area contributed by atoms with E-state index in [0.29, 0.717) is 19.5 Å². The van der Waals surface area contributed by atoms with Crippen molar-refractivity contribution in [3.05, 3.63) is 71.9 Å². The van der Waals surface area contributed by atoms with Crippen LogP contribution in [0.1, 0.15) is 11.1 Å². The summed E-state index contributed by atoms with van der Waals surface area (Å²) in [5.41, 5.74) is 2.87. The summed E-state index contributed by atoms with van der Waals surface area (Å²) < 4.78 is 0. The topological polar surface area (TPSA) is 73.7 Å². The summed E-state index contributed by atoms with van der Waals surface area (Å²) in [5.74, 6) is 0.134. The standard InChI is InChI=1S/C22H22N2O3/c25-18-5-3-4-15(10-18)11-22(27)24-13-17(21(26)14-24)12-16-8-9-23-20-7-2-1-6-19(16)20/h1-10,17,21,25-26H,11-14H2/t17-,21-/m1/s1. The van der Waals surface area contributed by atoms with Gasteiger partial charge in [-0.05, 0) is 41.8 Å². The molecule has 1 aliphatic rings. The number of hydrogen-bond donors (Lipinski definition) is 2. The van der Waals surface area contributed by atoms with E-state index >= 15 is 0 Å². The van der Waals surface area contributed by atoms with Gasteiger partial charge in [0.2, 0.25) is 5.91 Å². The zero-order valence-electron chi connectivity index (χ0n) is 15.0. The van der Waals surface area contributed by atoms with Gasteiger partial charge in [-0.15, -0.1) is 0 Å². The number of carbonyl (C=O) groups excluding carboxylic acids is 1. The van der Waals surface area contributed by atoms with Crippen molar-refractivity contribution in [2.45, 2.75) is 18.9 Å². The van der Waals surface area contributed by atoms with Crippen molar-refractivity contribution < 1.29 is 15.0 Å². The average molecular weight is 362 g/mol. The van der Waals surface area contributed by atoms with Crippen molar-refractivity contribution in [1.82, 2.24) is 9.88 Å². The Morgan fingerprint density at radius 3 is 2.81 bits per heavy atom. The zero-order valence-corrected chi connectivity index (χ0v) is 15.0. The van der Waals surface area contributed by atoms with E-state index in [4.69, 9.17) is 0 Å². The number of para-hydroxylation sites is 1. The number of nitrogens with zero attached hydrogens (tertiary/aromatic N) is 2. The normalized spacial score (nSPS) is 19.5. The summed E-state index contributed by atoms with van der Waals surface area (Å²) in [6.07, 6.45) is 2.20. The Balaban J connectivity index is 1.45. The molecular weight excluding hydrogens is 340 g/mol. The lowest BCUT2D eigenvalue weighted by Gasteiger charge is -2.17. The first-order valence-corrected chi connectivity index (χ1v) is 9.16. The molecule has 0 spiro atoms. The van der Waals surface area contributed by atoms with Crippen LogP contribution in [0.4, 0.5) is 0 Å². The lowest BCUT2D eigenvalue weighted by atomic mass is 9.94. The van der Waals surface area contributed by atoms with Crippen LogP contribution in [0.15, 0.2) is 60.8 Å². The third-order valence-electron chi connectivity index (χ3n) is 5.25. The number of hydrogen-bond acceptors (Lipinski definition) is 4. The molecule has 3 aromatic rings. The van der Waals surface area contributed by atoms with Gasteiger partial charge in [0.25, 0.3) is 0 Å². The molecule has 0 radical (unpaired) electrons. The Morgan fingerprint density at radius 1 is 1.11 bits per heavy atom. The number of likely N-dealkylation sites (tertiary alicyclic amines) is 1. The number of benzene rings is 2. The molecule has 1 aliphatic heterocycles. The van der Waals surface area contributed by atoms with Crippen molar-refractivity contribution in [3.63, 3.8) is 0 Å². The largest absolute Gasteiger partial charge is 0.508 e. The molecule has 27 heavy (non-hydrogen) atoms. The third kappa shape index (κ3) is 3.78. The van der Waals surface area contributed by atoms with E-state index < -0.39 is 6.10 Å². The second-order valence-electron chi connectivity index (χ2n) is 7.16. The summed E-state index contributed by atoms with van der Waals surface area (Å²) in [6, 6.07) is 16.7. The molecule has 2 atom stereocenters. The summed E-state index contributed by atoms with van der Waals surface area (Å²) in [5, 5.41) is 21.2. The van der Waals surface area contributed by atoms with Gasteiger partial charge < -0.3 is 15.1 Å². The molecule has 2 N–H and O–H groups in total. The fraction of sp³-hybridized carbons (Fsp3) is 0.273. The monoisotopic (exact) mass is 362 g/mol. The minimum absolute atomic E-state index is 0.00364. The summed E-state index contributed by atoms with van der Waals surface area (Å²) >= 11 is 0. The molecule has 2 heterocycles.